The molecule has 0 spiro atoms. The number of hydrogen-bond donors (Lipinski definition) is 0. The van der Waals surface area contributed by atoms with Crippen LogP contribution in [-0.2, 0) is 4.79 Å². The van der Waals surface area contributed by atoms with Crippen LogP contribution >= 0.6 is 0 Å². The lowest BCUT2D eigenvalue weighted by atomic mass is 9.85. The molecule has 0 amide bonds. The van der Waals surface area contributed by atoms with Crippen molar-refractivity contribution in [2.24, 2.45) is 17.8 Å². The Morgan fingerprint density at radius 3 is 1.94 bits per heavy atom. The third-order valence-corrected chi connectivity index (χ3v) is 2.98. The van der Waals surface area contributed by atoms with Crippen molar-refractivity contribution in [1.82, 2.24) is 0 Å². The summed E-state index contributed by atoms with van der Waals surface area (Å²) in [6, 6.07) is 0. The van der Waals surface area contributed by atoms with E-state index in [1.165, 1.54) is 19.3 Å². The molecule has 0 saturated carbocycles. The van der Waals surface area contributed by atoms with Crippen LogP contribution in [0.4, 0.5) is 0 Å². The van der Waals surface area contributed by atoms with Gasteiger partial charge in [0.2, 0.25) is 0 Å². The molecule has 0 aromatic rings. The fourth-order valence-electron chi connectivity index (χ4n) is 1.68. The van der Waals surface area contributed by atoms with Crippen LogP contribution in [0.3, 0.4) is 0 Å². The SMILES string of the molecule is CC.CCCCC(C)C(C)C(=O)CC(C)C. The van der Waals surface area contributed by atoms with E-state index in [1.54, 1.807) is 0 Å². The molecule has 2 atom stereocenters. The summed E-state index contributed by atoms with van der Waals surface area (Å²) in [6.45, 7) is 14.7. The number of carbonyl (C=O) groups excluding carboxylic acids is 1. The highest BCUT2D eigenvalue weighted by molar-refractivity contribution is 5.81. The Morgan fingerprint density at radius 1 is 1.06 bits per heavy atom. The molecule has 0 fully saturated rings. The van der Waals surface area contributed by atoms with Crippen LogP contribution in [-0.4, -0.2) is 5.78 Å². The van der Waals surface area contributed by atoms with Crippen LogP contribution in [0.1, 0.15) is 74.1 Å². The summed E-state index contributed by atoms with van der Waals surface area (Å²) in [5.41, 5.74) is 0. The smallest absolute Gasteiger partial charge is 0.136 e. The standard InChI is InChI=1S/C13H26O.C2H6/c1-6-7-8-11(4)12(5)13(14)9-10(2)3;1-2/h10-12H,6-9H2,1-5H3;1-2H3. The van der Waals surface area contributed by atoms with Crippen LogP contribution < -0.4 is 0 Å². The zero-order chi connectivity index (χ0) is 13.1. The first-order valence-corrected chi connectivity index (χ1v) is 7.01. The van der Waals surface area contributed by atoms with Gasteiger partial charge in [-0.3, -0.25) is 4.79 Å². The van der Waals surface area contributed by atoms with Crippen molar-refractivity contribution < 1.29 is 4.79 Å². The number of hydrogen-bond acceptors (Lipinski definition) is 1. The van der Waals surface area contributed by atoms with E-state index in [0.717, 1.165) is 6.42 Å². The molecule has 2 unspecified atom stereocenters. The van der Waals surface area contributed by atoms with Gasteiger partial charge in [-0.2, -0.15) is 0 Å². The Hall–Kier alpha value is -0.330. The Kier molecular flexibility index (Phi) is 12.6. The first-order valence-electron chi connectivity index (χ1n) is 7.01. The maximum atomic E-state index is 11.8. The van der Waals surface area contributed by atoms with Crippen molar-refractivity contribution in [1.29, 1.82) is 0 Å². The van der Waals surface area contributed by atoms with Gasteiger partial charge in [0.25, 0.3) is 0 Å². The van der Waals surface area contributed by atoms with Gasteiger partial charge < -0.3 is 0 Å². The summed E-state index contributed by atoms with van der Waals surface area (Å²) in [6.07, 6.45) is 4.43. The van der Waals surface area contributed by atoms with E-state index >= 15 is 0 Å². The lowest BCUT2D eigenvalue weighted by molar-refractivity contribution is -0.124. The average molecular weight is 228 g/mol. The lowest BCUT2D eigenvalue weighted by Gasteiger charge is -2.19. The minimum atomic E-state index is 0.254. The third kappa shape index (κ3) is 8.94. The minimum Gasteiger partial charge on any atom is -0.299 e. The number of carbonyl (C=O) groups is 1. The molecule has 0 aliphatic heterocycles. The monoisotopic (exact) mass is 228 g/mol. The molecule has 0 aliphatic rings. The van der Waals surface area contributed by atoms with Crippen molar-refractivity contribution in [2.75, 3.05) is 0 Å². The highest BCUT2D eigenvalue weighted by Crippen LogP contribution is 2.21. The van der Waals surface area contributed by atoms with Crippen molar-refractivity contribution in [3.8, 4) is 0 Å². The molecule has 0 aliphatic carbocycles. The van der Waals surface area contributed by atoms with Crippen LogP contribution in [0.15, 0.2) is 0 Å². The number of ketones is 1. The highest BCUT2D eigenvalue weighted by atomic mass is 16.1. The number of Topliss-reactive ketones (excluding diaryl/α,β-unsaturated/α-hetero) is 1. The number of unbranched alkanes of at least 4 members (excludes halogenated alkanes) is 1. The normalized spacial score (nSPS) is 14.0. The minimum absolute atomic E-state index is 0.254. The molecule has 16 heavy (non-hydrogen) atoms. The second-order valence-electron chi connectivity index (χ2n) is 4.97. The molecule has 0 rings (SSSR count). The molecule has 98 valence electrons. The van der Waals surface area contributed by atoms with E-state index in [2.05, 4.69) is 34.6 Å². The topological polar surface area (TPSA) is 17.1 Å². The second kappa shape index (κ2) is 11.2. The van der Waals surface area contributed by atoms with Crippen LogP contribution in [0.5, 0.6) is 0 Å². The third-order valence-electron chi connectivity index (χ3n) is 2.98. The summed E-state index contributed by atoms with van der Waals surface area (Å²) < 4.78 is 0. The van der Waals surface area contributed by atoms with Crippen LogP contribution in [0, 0.1) is 17.8 Å². The van der Waals surface area contributed by atoms with E-state index in [0.29, 0.717) is 17.6 Å². The zero-order valence-corrected chi connectivity index (χ0v) is 12.5. The fraction of sp³-hybridized carbons (Fsp3) is 0.933. The van der Waals surface area contributed by atoms with Gasteiger partial charge in [0, 0.05) is 12.3 Å². The Bertz CT molecular complexity index is 161. The van der Waals surface area contributed by atoms with Crippen LogP contribution in [0.2, 0.25) is 0 Å². The molecule has 0 bridgehead atoms. The second-order valence-corrected chi connectivity index (χ2v) is 4.97. The molecule has 0 radical (unpaired) electrons. The average Bonchev–Trinajstić information content (AvgIpc) is 2.26. The Balaban J connectivity index is 0. The quantitative estimate of drug-likeness (QED) is 0.593. The Morgan fingerprint density at radius 2 is 1.56 bits per heavy atom. The van der Waals surface area contributed by atoms with E-state index in [4.69, 9.17) is 0 Å². The van der Waals surface area contributed by atoms with Crippen molar-refractivity contribution >= 4 is 5.78 Å². The predicted molar refractivity (Wildman–Crippen MR) is 73.7 cm³/mol. The highest BCUT2D eigenvalue weighted by Gasteiger charge is 2.19. The first-order chi connectivity index (χ1) is 7.49. The summed E-state index contributed by atoms with van der Waals surface area (Å²) >= 11 is 0. The first kappa shape index (κ1) is 18.0. The molecule has 0 N–H and O–H groups in total. The van der Waals surface area contributed by atoms with Gasteiger partial charge in [0.1, 0.15) is 5.78 Å². The maximum Gasteiger partial charge on any atom is 0.136 e. The van der Waals surface area contributed by atoms with Gasteiger partial charge in [-0.1, -0.05) is 67.7 Å². The molecule has 1 nitrogen and oxygen atoms in total. The molecule has 1 heteroatoms. The lowest BCUT2D eigenvalue weighted by Crippen LogP contribution is -2.20. The summed E-state index contributed by atoms with van der Waals surface area (Å²) in [5, 5.41) is 0. The van der Waals surface area contributed by atoms with Gasteiger partial charge >= 0.3 is 0 Å². The maximum absolute atomic E-state index is 11.8. The van der Waals surface area contributed by atoms with E-state index < -0.39 is 0 Å². The largest absolute Gasteiger partial charge is 0.299 e. The van der Waals surface area contributed by atoms with Crippen molar-refractivity contribution in [2.45, 2.75) is 74.1 Å². The van der Waals surface area contributed by atoms with E-state index in [1.807, 2.05) is 13.8 Å². The Labute approximate surface area is 103 Å². The molecule has 0 heterocycles. The fourth-order valence-corrected chi connectivity index (χ4v) is 1.68. The van der Waals surface area contributed by atoms with Gasteiger partial charge in [-0.05, 0) is 11.8 Å². The zero-order valence-electron chi connectivity index (χ0n) is 12.5. The van der Waals surface area contributed by atoms with Gasteiger partial charge in [-0.15, -0.1) is 0 Å². The van der Waals surface area contributed by atoms with E-state index in [-0.39, 0.29) is 5.92 Å². The van der Waals surface area contributed by atoms with Crippen LogP contribution in [0.25, 0.3) is 0 Å². The molecule has 0 aromatic carbocycles. The molecular formula is C15H32O. The van der Waals surface area contributed by atoms with E-state index in [9.17, 15) is 4.79 Å². The molecule has 0 saturated heterocycles. The summed E-state index contributed by atoms with van der Waals surface area (Å²) in [5.74, 6) is 1.76. The molecular weight excluding hydrogens is 196 g/mol. The van der Waals surface area contributed by atoms with Gasteiger partial charge in [0.05, 0.1) is 0 Å². The van der Waals surface area contributed by atoms with Crippen molar-refractivity contribution in [3.05, 3.63) is 0 Å². The van der Waals surface area contributed by atoms with Gasteiger partial charge in [-0.25, -0.2) is 0 Å². The molecule has 0 aromatic heterocycles. The summed E-state index contributed by atoms with van der Waals surface area (Å²) in [7, 11) is 0. The van der Waals surface area contributed by atoms with Crippen molar-refractivity contribution in [3.63, 3.8) is 0 Å². The predicted octanol–water partition coefficient (Wildman–Crippen LogP) is 5.09. The summed E-state index contributed by atoms with van der Waals surface area (Å²) in [4.78, 5) is 11.8. The number of rotatable bonds is 7. The van der Waals surface area contributed by atoms with Gasteiger partial charge in [0.15, 0.2) is 0 Å².